The third kappa shape index (κ3) is 2.61. The van der Waals surface area contributed by atoms with Gasteiger partial charge in [-0.05, 0) is 25.5 Å². The lowest BCUT2D eigenvalue weighted by Crippen LogP contribution is -2.29. The molecule has 0 aromatic carbocycles. The van der Waals surface area contributed by atoms with E-state index in [4.69, 9.17) is 5.11 Å². The molecule has 0 aliphatic carbocycles. The summed E-state index contributed by atoms with van der Waals surface area (Å²) in [5, 5.41) is 13.1. The fraction of sp³-hybridized carbons (Fsp3) is 0.385. The highest BCUT2D eigenvalue weighted by Gasteiger charge is 2.14. The maximum Gasteiger partial charge on any atom is 0.341 e. The first kappa shape index (κ1) is 14.0. The van der Waals surface area contributed by atoms with Crippen LogP contribution in [0.1, 0.15) is 35.2 Å². The Morgan fingerprint density at radius 1 is 1.40 bits per heavy atom. The topological polar surface area (TPSA) is 90.0 Å². The average molecular weight is 276 g/mol. The van der Waals surface area contributed by atoms with Crippen molar-refractivity contribution >= 4 is 5.97 Å². The van der Waals surface area contributed by atoms with Crippen molar-refractivity contribution in [3.05, 3.63) is 45.9 Å². The molecule has 2 heterocycles. The van der Waals surface area contributed by atoms with Gasteiger partial charge in [0.2, 0.25) is 0 Å². The summed E-state index contributed by atoms with van der Waals surface area (Å²) in [6, 6.07) is 2.94. The normalized spacial score (nSPS) is 10.7. The molecule has 0 aliphatic rings. The molecule has 106 valence electrons. The molecule has 2 aromatic heterocycles. The molecule has 0 radical (unpaired) electrons. The van der Waals surface area contributed by atoms with Gasteiger partial charge in [0.05, 0.1) is 6.54 Å². The minimum Gasteiger partial charge on any atom is -0.477 e. The standard InChI is InChI=1S/C13H16N4O3/c1-3-6-17-11(14-8-15-17)7-16-9(2)4-5-10(12(16)18)13(19)20/h4-5,8H,3,6-7H2,1-2H3,(H,19,20). The van der Waals surface area contributed by atoms with E-state index in [2.05, 4.69) is 10.1 Å². The number of nitrogens with zero attached hydrogens (tertiary/aromatic N) is 4. The molecule has 0 bridgehead atoms. The SMILES string of the molecule is CCCn1ncnc1Cn1c(C)ccc(C(=O)O)c1=O. The maximum atomic E-state index is 12.2. The summed E-state index contributed by atoms with van der Waals surface area (Å²) in [6.07, 6.45) is 2.34. The van der Waals surface area contributed by atoms with Crippen LogP contribution in [0.4, 0.5) is 0 Å². The van der Waals surface area contributed by atoms with E-state index in [1.807, 2.05) is 6.92 Å². The van der Waals surface area contributed by atoms with Crippen molar-refractivity contribution in [3.8, 4) is 0 Å². The Morgan fingerprint density at radius 2 is 2.15 bits per heavy atom. The Hall–Kier alpha value is -2.44. The summed E-state index contributed by atoms with van der Waals surface area (Å²) >= 11 is 0. The smallest absolute Gasteiger partial charge is 0.341 e. The number of rotatable bonds is 5. The van der Waals surface area contributed by atoms with E-state index < -0.39 is 11.5 Å². The van der Waals surface area contributed by atoms with Crippen molar-refractivity contribution in [2.75, 3.05) is 0 Å². The first-order chi connectivity index (χ1) is 9.54. The minimum absolute atomic E-state index is 0.214. The van der Waals surface area contributed by atoms with Gasteiger partial charge in [-0.15, -0.1) is 0 Å². The summed E-state index contributed by atoms with van der Waals surface area (Å²) in [4.78, 5) is 27.3. The number of hydrogen-bond donors (Lipinski definition) is 1. The summed E-state index contributed by atoms with van der Waals surface area (Å²) in [5.74, 6) is -0.585. The van der Waals surface area contributed by atoms with E-state index in [0.717, 1.165) is 6.42 Å². The lowest BCUT2D eigenvalue weighted by Gasteiger charge is -2.11. The monoisotopic (exact) mass is 276 g/mol. The molecule has 20 heavy (non-hydrogen) atoms. The predicted molar refractivity (Wildman–Crippen MR) is 71.8 cm³/mol. The van der Waals surface area contributed by atoms with Crippen LogP contribution in [0, 0.1) is 6.92 Å². The van der Waals surface area contributed by atoms with Crippen molar-refractivity contribution in [1.82, 2.24) is 19.3 Å². The molecule has 2 rings (SSSR count). The van der Waals surface area contributed by atoms with Crippen LogP contribution in [0.15, 0.2) is 23.3 Å². The van der Waals surface area contributed by atoms with Crippen LogP contribution in [0.2, 0.25) is 0 Å². The van der Waals surface area contributed by atoms with E-state index in [0.29, 0.717) is 18.1 Å². The predicted octanol–water partition coefficient (Wildman–Crippen LogP) is 0.905. The highest BCUT2D eigenvalue weighted by atomic mass is 16.4. The quantitative estimate of drug-likeness (QED) is 0.876. The molecule has 0 saturated heterocycles. The van der Waals surface area contributed by atoms with Gasteiger partial charge < -0.3 is 9.67 Å². The van der Waals surface area contributed by atoms with Crippen molar-refractivity contribution in [1.29, 1.82) is 0 Å². The molecule has 0 aliphatic heterocycles. The highest BCUT2D eigenvalue weighted by Crippen LogP contribution is 2.04. The van der Waals surface area contributed by atoms with E-state index in [1.165, 1.54) is 17.0 Å². The second kappa shape index (κ2) is 5.68. The fourth-order valence-corrected chi connectivity index (χ4v) is 1.98. The number of carboxylic acid groups (broad SMARTS) is 1. The summed E-state index contributed by atoms with van der Waals surface area (Å²) < 4.78 is 3.12. The maximum absolute atomic E-state index is 12.2. The van der Waals surface area contributed by atoms with E-state index in [-0.39, 0.29) is 12.1 Å². The number of pyridine rings is 1. The second-order valence-corrected chi connectivity index (χ2v) is 4.48. The van der Waals surface area contributed by atoms with Crippen LogP contribution < -0.4 is 5.56 Å². The largest absolute Gasteiger partial charge is 0.477 e. The number of aromatic nitrogens is 4. The average Bonchev–Trinajstić information content (AvgIpc) is 2.82. The lowest BCUT2D eigenvalue weighted by molar-refractivity contribution is 0.0694. The van der Waals surface area contributed by atoms with Crippen LogP contribution in [0.3, 0.4) is 0 Å². The zero-order chi connectivity index (χ0) is 14.7. The molecule has 0 unspecified atom stereocenters. The van der Waals surface area contributed by atoms with Gasteiger partial charge in [-0.1, -0.05) is 6.92 Å². The Morgan fingerprint density at radius 3 is 2.80 bits per heavy atom. The first-order valence-electron chi connectivity index (χ1n) is 6.35. The third-order valence-corrected chi connectivity index (χ3v) is 3.05. The number of carbonyl (C=O) groups is 1. The lowest BCUT2D eigenvalue weighted by atomic mass is 10.2. The molecule has 0 fully saturated rings. The number of carboxylic acids is 1. The summed E-state index contributed by atoms with van der Waals surface area (Å²) in [5.41, 5.74) is -0.0771. The van der Waals surface area contributed by atoms with Crippen LogP contribution in [-0.4, -0.2) is 30.4 Å². The van der Waals surface area contributed by atoms with Crippen molar-refractivity contribution in [2.45, 2.75) is 33.4 Å². The van der Waals surface area contributed by atoms with Crippen molar-refractivity contribution in [2.24, 2.45) is 0 Å². The first-order valence-corrected chi connectivity index (χ1v) is 6.35. The molecule has 0 amide bonds. The number of aryl methyl sites for hydroxylation is 2. The Balaban J connectivity index is 2.43. The van der Waals surface area contributed by atoms with Gasteiger partial charge in [0.15, 0.2) is 0 Å². The van der Waals surface area contributed by atoms with Gasteiger partial charge in [0.25, 0.3) is 5.56 Å². The zero-order valence-corrected chi connectivity index (χ0v) is 11.4. The van der Waals surface area contributed by atoms with Crippen LogP contribution in [-0.2, 0) is 13.1 Å². The molecule has 7 nitrogen and oxygen atoms in total. The molecule has 0 atom stereocenters. The third-order valence-electron chi connectivity index (χ3n) is 3.05. The van der Waals surface area contributed by atoms with Gasteiger partial charge in [-0.25, -0.2) is 14.5 Å². The van der Waals surface area contributed by atoms with Crippen LogP contribution in [0.25, 0.3) is 0 Å². The van der Waals surface area contributed by atoms with Crippen molar-refractivity contribution < 1.29 is 9.90 Å². The Labute approximate surface area is 115 Å². The van der Waals surface area contributed by atoms with Gasteiger partial charge in [-0.2, -0.15) is 5.10 Å². The molecule has 1 N–H and O–H groups in total. The fourth-order valence-electron chi connectivity index (χ4n) is 1.98. The van der Waals surface area contributed by atoms with E-state index in [1.54, 1.807) is 17.7 Å². The number of aromatic carboxylic acids is 1. The highest BCUT2D eigenvalue weighted by molar-refractivity contribution is 5.87. The van der Waals surface area contributed by atoms with E-state index >= 15 is 0 Å². The molecular weight excluding hydrogens is 260 g/mol. The summed E-state index contributed by atoms with van der Waals surface area (Å²) in [6.45, 7) is 4.70. The van der Waals surface area contributed by atoms with Gasteiger partial charge in [0, 0.05) is 12.2 Å². The number of hydrogen-bond acceptors (Lipinski definition) is 4. The van der Waals surface area contributed by atoms with E-state index in [9.17, 15) is 9.59 Å². The summed E-state index contributed by atoms with van der Waals surface area (Å²) in [7, 11) is 0. The molecule has 0 spiro atoms. The molecule has 2 aromatic rings. The molecule has 0 saturated carbocycles. The molecule has 7 heteroatoms. The van der Waals surface area contributed by atoms with Crippen LogP contribution in [0.5, 0.6) is 0 Å². The van der Waals surface area contributed by atoms with Crippen molar-refractivity contribution in [3.63, 3.8) is 0 Å². The minimum atomic E-state index is -1.22. The Bertz CT molecular complexity index is 687. The van der Waals surface area contributed by atoms with Gasteiger partial charge in [0.1, 0.15) is 17.7 Å². The van der Waals surface area contributed by atoms with Gasteiger partial charge in [-0.3, -0.25) is 4.79 Å². The Kier molecular flexibility index (Phi) is 3.97. The second-order valence-electron chi connectivity index (χ2n) is 4.48. The molecular formula is C13H16N4O3. The van der Waals surface area contributed by atoms with Gasteiger partial charge >= 0.3 is 5.97 Å². The van der Waals surface area contributed by atoms with Crippen LogP contribution >= 0.6 is 0 Å². The zero-order valence-electron chi connectivity index (χ0n) is 11.4.